The fraction of sp³-hybridized carbons (Fsp3) is 0.333. The van der Waals surface area contributed by atoms with Gasteiger partial charge >= 0.3 is 0 Å². The molecule has 0 amide bonds. The molecule has 12 heavy (non-hydrogen) atoms. The summed E-state index contributed by atoms with van der Waals surface area (Å²) in [6.45, 7) is 2.16. The van der Waals surface area contributed by atoms with E-state index in [1.165, 1.54) is 11.3 Å². The molecule has 1 rings (SSSR count). The fourth-order valence-electron chi connectivity index (χ4n) is 0.863. The molecular formula is C9H14N2S. The Hall–Kier alpha value is -0.830. The predicted octanol–water partition coefficient (Wildman–Crippen LogP) is 2.35. The van der Waals surface area contributed by atoms with Gasteiger partial charge in [-0.15, -0.1) is 11.8 Å². The van der Waals surface area contributed by atoms with Gasteiger partial charge in [-0.05, 0) is 30.4 Å². The molecule has 0 aromatic heterocycles. The molecule has 1 aromatic carbocycles. The molecule has 1 aromatic rings. The van der Waals surface area contributed by atoms with E-state index in [9.17, 15) is 0 Å². The van der Waals surface area contributed by atoms with Crippen LogP contribution >= 0.6 is 11.8 Å². The van der Waals surface area contributed by atoms with E-state index in [1.807, 2.05) is 30.0 Å². The summed E-state index contributed by atoms with van der Waals surface area (Å²) in [5.74, 6) is 1.13. The van der Waals surface area contributed by atoms with Crippen LogP contribution in [0.3, 0.4) is 0 Å². The maximum absolute atomic E-state index is 5.65. The van der Waals surface area contributed by atoms with Gasteiger partial charge in [-0.3, -0.25) is 0 Å². The van der Waals surface area contributed by atoms with E-state index < -0.39 is 0 Å². The number of benzene rings is 1. The Morgan fingerprint density at radius 2 is 2.00 bits per heavy atom. The van der Waals surface area contributed by atoms with E-state index in [1.54, 1.807) is 0 Å². The third-order valence-electron chi connectivity index (χ3n) is 1.53. The third-order valence-corrected chi connectivity index (χ3v) is 2.73. The summed E-state index contributed by atoms with van der Waals surface area (Å²) in [4.78, 5) is 1.20. The molecule has 0 aliphatic heterocycles. The minimum atomic E-state index is 0.663. The molecule has 0 spiro atoms. The van der Waals surface area contributed by atoms with Crippen LogP contribution < -0.4 is 11.5 Å². The van der Waals surface area contributed by atoms with Crippen LogP contribution in [-0.4, -0.2) is 5.75 Å². The topological polar surface area (TPSA) is 52.0 Å². The molecular weight excluding hydrogens is 168 g/mol. The summed E-state index contributed by atoms with van der Waals surface area (Å²) < 4.78 is 0. The first-order chi connectivity index (χ1) is 5.74. The lowest BCUT2D eigenvalue weighted by Crippen LogP contribution is -1.93. The molecule has 3 heteroatoms. The average Bonchev–Trinajstić information content (AvgIpc) is 2.07. The number of thioether (sulfide) groups is 1. The fourth-order valence-corrected chi connectivity index (χ4v) is 1.68. The van der Waals surface area contributed by atoms with Crippen molar-refractivity contribution in [1.82, 2.24) is 0 Å². The quantitative estimate of drug-likeness (QED) is 0.557. The zero-order chi connectivity index (χ0) is 8.97. The van der Waals surface area contributed by atoms with Crippen LogP contribution in [0, 0.1) is 0 Å². The summed E-state index contributed by atoms with van der Waals surface area (Å²) >= 11 is 1.81. The van der Waals surface area contributed by atoms with E-state index in [-0.39, 0.29) is 0 Å². The van der Waals surface area contributed by atoms with Crippen LogP contribution in [0.25, 0.3) is 0 Å². The molecule has 0 aliphatic carbocycles. The highest BCUT2D eigenvalue weighted by Gasteiger charge is 1.96. The zero-order valence-corrected chi connectivity index (χ0v) is 8.03. The minimum absolute atomic E-state index is 0.663. The van der Waals surface area contributed by atoms with Crippen molar-refractivity contribution in [1.29, 1.82) is 0 Å². The average molecular weight is 182 g/mol. The second-order valence-electron chi connectivity index (χ2n) is 2.64. The number of hydrogen-bond donors (Lipinski definition) is 2. The van der Waals surface area contributed by atoms with E-state index in [0.29, 0.717) is 11.4 Å². The second kappa shape index (κ2) is 4.26. The first-order valence-corrected chi connectivity index (χ1v) is 5.00. The third kappa shape index (κ3) is 2.34. The summed E-state index contributed by atoms with van der Waals surface area (Å²) in [5, 5.41) is 0. The standard InChI is InChI=1S/C9H14N2S/c1-2-5-12-7-3-4-8(10)9(11)6-7/h3-4,6H,2,5,10-11H2,1H3. The number of anilines is 2. The van der Waals surface area contributed by atoms with Gasteiger partial charge in [0.05, 0.1) is 11.4 Å². The van der Waals surface area contributed by atoms with Gasteiger partial charge in [0.15, 0.2) is 0 Å². The Morgan fingerprint density at radius 1 is 1.25 bits per heavy atom. The van der Waals surface area contributed by atoms with Gasteiger partial charge in [0.25, 0.3) is 0 Å². The highest BCUT2D eigenvalue weighted by molar-refractivity contribution is 7.99. The number of rotatable bonds is 3. The second-order valence-corrected chi connectivity index (χ2v) is 3.81. The molecule has 0 saturated carbocycles. The molecule has 0 unspecified atom stereocenters. The Morgan fingerprint density at radius 3 is 2.58 bits per heavy atom. The van der Waals surface area contributed by atoms with Gasteiger partial charge in [0, 0.05) is 4.90 Å². The molecule has 4 N–H and O–H groups in total. The van der Waals surface area contributed by atoms with Crippen LogP contribution in [0.5, 0.6) is 0 Å². The molecule has 0 aliphatic rings. The monoisotopic (exact) mass is 182 g/mol. The van der Waals surface area contributed by atoms with Gasteiger partial charge in [-0.2, -0.15) is 0 Å². The van der Waals surface area contributed by atoms with Crippen molar-refractivity contribution in [3.05, 3.63) is 18.2 Å². The number of nitrogens with two attached hydrogens (primary N) is 2. The molecule has 0 heterocycles. The maximum Gasteiger partial charge on any atom is 0.0559 e. The first kappa shape index (κ1) is 9.26. The molecule has 66 valence electrons. The van der Waals surface area contributed by atoms with Gasteiger partial charge in [0.2, 0.25) is 0 Å². The molecule has 2 nitrogen and oxygen atoms in total. The lowest BCUT2D eigenvalue weighted by molar-refractivity contribution is 1.10. The Kier molecular flexibility index (Phi) is 3.29. The van der Waals surface area contributed by atoms with Crippen LogP contribution in [0.1, 0.15) is 13.3 Å². The van der Waals surface area contributed by atoms with Crippen LogP contribution in [-0.2, 0) is 0 Å². The molecule has 0 atom stereocenters. The zero-order valence-electron chi connectivity index (χ0n) is 7.21. The molecule has 0 saturated heterocycles. The van der Waals surface area contributed by atoms with Gasteiger partial charge in [-0.25, -0.2) is 0 Å². The van der Waals surface area contributed by atoms with Crippen LogP contribution in [0.2, 0.25) is 0 Å². The van der Waals surface area contributed by atoms with E-state index in [0.717, 1.165) is 5.75 Å². The Balaban J connectivity index is 2.69. The lowest BCUT2D eigenvalue weighted by Gasteiger charge is -2.03. The Labute approximate surface area is 77.3 Å². The molecule has 0 radical (unpaired) electrons. The SMILES string of the molecule is CCCSc1ccc(N)c(N)c1. The maximum atomic E-state index is 5.65. The minimum Gasteiger partial charge on any atom is -0.397 e. The summed E-state index contributed by atoms with van der Waals surface area (Å²) in [7, 11) is 0. The van der Waals surface area contributed by atoms with Crippen molar-refractivity contribution >= 4 is 23.1 Å². The summed E-state index contributed by atoms with van der Waals surface area (Å²) in [6, 6.07) is 5.79. The lowest BCUT2D eigenvalue weighted by atomic mass is 10.3. The summed E-state index contributed by atoms with van der Waals surface area (Å²) in [6.07, 6.45) is 1.18. The molecule has 0 fully saturated rings. The number of hydrogen-bond acceptors (Lipinski definition) is 3. The normalized spacial score (nSPS) is 10.1. The first-order valence-electron chi connectivity index (χ1n) is 4.02. The van der Waals surface area contributed by atoms with Gasteiger partial charge in [-0.1, -0.05) is 6.92 Å². The Bertz CT molecular complexity index is 261. The predicted molar refractivity (Wildman–Crippen MR) is 56.3 cm³/mol. The van der Waals surface area contributed by atoms with Crippen molar-refractivity contribution in [3.8, 4) is 0 Å². The van der Waals surface area contributed by atoms with E-state index in [2.05, 4.69) is 6.92 Å². The van der Waals surface area contributed by atoms with E-state index >= 15 is 0 Å². The van der Waals surface area contributed by atoms with Gasteiger partial charge in [0.1, 0.15) is 0 Å². The van der Waals surface area contributed by atoms with Crippen LogP contribution in [0.4, 0.5) is 11.4 Å². The van der Waals surface area contributed by atoms with Crippen molar-refractivity contribution in [2.45, 2.75) is 18.2 Å². The van der Waals surface area contributed by atoms with Gasteiger partial charge < -0.3 is 11.5 Å². The van der Waals surface area contributed by atoms with Crippen molar-refractivity contribution in [2.24, 2.45) is 0 Å². The molecule has 0 bridgehead atoms. The highest BCUT2D eigenvalue weighted by Crippen LogP contribution is 2.24. The van der Waals surface area contributed by atoms with Crippen molar-refractivity contribution in [2.75, 3.05) is 17.2 Å². The largest absolute Gasteiger partial charge is 0.397 e. The highest BCUT2D eigenvalue weighted by atomic mass is 32.2. The van der Waals surface area contributed by atoms with Crippen molar-refractivity contribution < 1.29 is 0 Å². The smallest absolute Gasteiger partial charge is 0.0559 e. The van der Waals surface area contributed by atoms with Crippen LogP contribution in [0.15, 0.2) is 23.1 Å². The van der Waals surface area contributed by atoms with E-state index in [4.69, 9.17) is 11.5 Å². The number of nitrogen functional groups attached to an aromatic ring is 2. The summed E-state index contributed by atoms with van der Waals surface area (Å²) in [5.41, 5.74) is 12.6. The van der Waals surface area contributed by atoms with Crippen molar-refractivity contribution in [3.63, 3.8) is 0 Å².